The molecule has 1 aliphatic heterocycles. The lowest BCUT2D eigenvalue weighted by Crippen LogP contribution is -2.49. The minimum absolute atomic E-state index is 0.0129. The van der Waals surface area contributed by atoms with E-state index in [0.717, 1.165) is 25.9 Å². The fourth-order valence-corrected chi connectivity index (χ4v) is 2.62. The number of carbonyl (C=O) groups excluding carboxylic acids is 1. The fraction of sp³-hybridized carbons (Fsp3) is 0.533. The van der Waals surface area contributed by atoms with Crippen LogP contribution in [0.15, 0.2) is 30.3 Å². The van der Waals surface area contributed by atoms with E-state index in [1.165, 1.54) is 12.0 Å². The molecule has 0 aromatic heterocycles. The first-order chi connectivity index (χ1) is 8.68. The number of rotatable bonds is 4. The first-order valence-electron chi connectivity index (χ1n) is 6.76. The molecule has 1 aromatic carbocycles. The van der Waals surface area contributed by atoms with Crippen LogP contribution in [-0.2, 0) is 11.3 Å². The molecule has 0 aliphatic carbocycles. The monoisotopic (exact) mass is 246 g/mol. The summed E-state index contributed by atoms with van der Waals surface area (Å²) in [6.45, 7) is 3.64. The van der Waals surface area contributed by atoms with Crippen LogP contribution >= 0.6 is 0 Å². The normalized spacial score (nSPS) is 22.7. The molecule has 2 atom stereocenters. The number of carbonyl (C=O) groups is 1. The molecule has 2 unspecified atom stereocenters. The Hall–Kier alpha value is -1.19. The number of Topliss-reactive ketones (excluding diaryl/α,β-unsaturated/α-hetero) is 1. The minimum Gasteiger partial charge on any atom is -0.322 e. The van der Waals surface area contributed by atoms with E-state index in [1.54, 1.807) is 6.92 Å². The summed E-state index contributed by atoms with van der Waals surface area (Å²) in [6, 6.07) is 9.99. The smallest absolute Gasteiger partial charge is 0.166 e. The van der Waals surface area contributed by atoms with Gasteiger partial charge in [0.25, 0.3) is 0 Å². The fourth-order valence-electron chi connectivity index (χ4n) is 2.62. The molecule has 1 saturated heterocycles. The largest absolute Gasteiger partial charge is 0.322 e. The van der Waals surface area contributed by atoms with Crippen molar-refractivity contribution in [1.82, 2.24) is 4.90 Å². The van der Waals surface area contributed by atoms with Crippen LogP contribution in [0.25, 0.3) is 0 Å². The Balaban J connectivity index is 2.06. The SMILES string of the molecule is CC(N)C(=O)C1CCCCN1Cc1ccccc1. The highest BCUT2D eigenvalue weighted by molar-refractivity contribution is 5.88. The molecule has 1 aromatic rings. The third kappa shape index (κ3) is 3.18. The highest BCUT2D eigenvalue weighted by Gasteiger charge is 2.29. The summed E-state index contributed by atoms with van der Waals surface area (Å²) >= 11 is 0. The summed E-state index contributed by atoms with van der Waals surface area (Å²) in [6.07, 6.45) is 3.26. The Kier molecular flexibility index (Phi) is 4.50. The van der Waals surface area contributed by atoms with Crippen molar-refractivity contribution >= 4 is 5.78 Å². The van der Waals surface area contributed by atoms with Crippen molar-refractivity contribution in [1.29, 1.82) is 0 Å². The molecular weight excluding hydrogens is 224 g/mol. The number of hydrogen-bond acceptors (Lipinski definition) is 3. The third-order valence-electron chi connectivity index (χ3n) is 3.62. The van der Waals surface area contributed by atoms with Gasteiger partial charge in [0.1, 0.15) is 0 Å². The molecule has 3 heteroatoms. The lowest BCUT2D eigenvalue weighted by Gasteiger charge is -2.35. The Morgan fingerprint density at radius 1 is 1.39 bits per heavy atom. The Morgan fingerprint density at radius 2 is 2.11 bits per heavy atom. The number of nitrogens with zero attached hydrogens (tertiary/aromatic N) is 1. The molecule has 0 amide bonds. The first-order valence-corrected chi connectivity index (χ1v) is 6.76. The van der Waals surface area contributed by atoms with Crippen LogP contribution in [0.2, 0.25) is 0 Å². The summed E-state index contributed by atoms with van der Waals surface area (Å²) < 4.78 is 0. The van der Waals surface area contributed by atoms with Crippen molar-refractivity contribution in [3.8, 4) is 0 Å². The average Bonchev–Trinajstić information content (AvgIpc) is 2.39. The molecule has 98 valence electrons. The van der Waals surface area contributed by atoms with Crippen molar-refractivity contribution in [2.75, 3.05) is 6.54 Å². The summed E-state index contributed by atoms with van der Waals surface area (Å²) in [5.74, 6) is 0.186. The number of likely N-dealkylation sites (tertiary alicyclic amines) is 1. The van der Waals surface area contributed by atoms with Crippen LogP contribution in [0.1, 0.15) is 31.7 Å². The quantitative estimate of drug-likeness (QED) is 0.883. The molecule has 0 bridgehead atoms. The zero-order valence-corrected chi connectivity index (χ0v) is 11.0. The van der Waals surface area contributed by atoms with E-state index < -0.39 is 0 Å². The van der Waals surface area contributed by atoms with Crippen LogP contribution in [0.4, 0.5) is 0 Å². The van der Waals surface area contributed by atoms with Crippen molar-refractivity contribution in [2.45, 2.75) is 44.8 Å². The standard InChI is InChI=1S/C15H22N2O/c1-12(16)15(18)14-9-5-6-10-17(14)11-13-7-3-2-4-8-13/h2-4,7-8,12,14H,5-6,9-11,16H2,1H3. The van der Waals surface area contributed by atoms with Gasteiger partial charge in [-0.3, -0.25) is 9.69 Å². The number of benzene rings is 1. The highest BCUT2D eigenvalue weighted by Crippen LogP contribution is 2.21. The number of nitrogens with two attached hydrogens (primary N) is 1. The average molecular weight is 246 g/mol. The Labute approximate surface area is 109 Å². The second-order valence-electron chi connectivity index (χ2n) is 5.16. The maximum absolute atomic E-state index is 12.1. The highest BCUT2D eigenvalue weighted by atomic mass is 16.1. The molecule has 2 rings (SSSR count). The van der Waals surface area contributed by atoms with Gasteiger partial charge in [0.2, 0.25) is 0 Å². The molecule has 18 heavy (non-hydrogen) atoms. The predicted octanol–water partition coefficient (Wildman–Crippen LogP) is 1.96. The second-order valence-corrected chi connectivity index (χ2v) is 5.16. The molecular formula is C15H22N2O. The number of hydrogen-bond donors (Lipinski definition) is 1. The molecule has 2 N–H and O–H groups in total. The third-order valence-corrected chi connectivity index (χ3v) is 3.62. The molecule has 0 saturated carbocycles. The van der Waals surface area contributed by atoms with Crippen molar-refractivity contribution < 1.29 is 4.79 Å². The molecule has 1 heterocycles. The summed E-state index contributed by atoms with van der Waals surface area (Å²) in [5, 5.41) is 0. The molecule has 1 aliphatic rings. The molecule has 0 spiro atoms. The van der Waals surface area contributed by atoms with Crippen LogP contribution in [0.3, 0.4) is 0 Å². The topological polar surface area (TPSA) is 46.3 Å². The van der Waals surface area contributed by atoms with Gasteiger partial charge in [0, 0.05) is 6.54 Å². The van der Waals surface area contributed by atoms with Gasteiger partial charge in [-0.1, -0.05) is 36.8 Å². The van der Waals surface area contributed by atoms with E-state index in [-0.39, 0.29) is 17.9 Å². The van der Waals surface area contributed by atoms with Crippen molar-refractivity contribution in [3.05, 3.63) is 35.9 Å². The van der Waals surface area contributed by atoms with Crippen LogP contribution < -0.4 is 5.73 Å². The van der Waals surface area contributed by atoms with E-state index in [2.05, 4.69) is 17.0 Å². The zero-order chi connectivity index (χ0) is 13.0. The van der Waals surface area contributed by atoms with E-state index >= 15 is 0 Å². The summed E-state index contributed by atoms with van der Waals surface area (Å²) in [5.41, 5.74) is 7.01. The molecule has 0 radical (unpaired) electrons. The van der Waals surface area contributed by atoms with Gasteiger partial charge in [0.05, 0.1) is 12.1 Å². The van der Waals surface area contributed by atoms with Crippen molar-refractivity contribution in [2.24, 2.45) is 5.73 Å². The lowest BCUT2D eigenvalue weighted by atomic mass is 9.95. The van der Waals surface area contributed by atoms with Crippen molar-refractivity contribution in [3.63, 3.8) is 0 Å². The first kappa shape index (κ1) is 13.2. The van der Waals surface area contributed by atoms with E-state index in [0.29, 0.717) is 0 Å². The number of piperidine rings is 1. The van der Waals surface area contributed by atoms with Gasteiger partial charge in [0.15, 0.2) is 5.78 Å². The molecule has 1 fully saturated rings. The number of ketones is 1. The Bertz CT molecular complexity index is 389. The zero-order valence-electron chi connectivity index (χ0n) is 11.0. The maximum atomic E-state index is 12.1. The van der Waals surface area contributed by atoms with Crippen LogP contribution in [0, 0.1) is 0 Å². The second kappa shape index (κ2) is 6.12. The molecule has 3 nitrogen and oxygen atoms in total. The minimum atomic E-state index is -0.355. The summed E-state index contributed by atoms with van der Waals surface area (Å²) in [4.78, 5) is 14.4. The van der Waals surface area contributed by atoms with Crippen LogP contribution in [-0.4, -0.2) is 29.3 Å². The van der Waals surface area contributed by atoms with Gasteiger partial charge in [-0.05, 0) is 31.9 Å². The Morgan fingerprint density at radius 3 is 2.78 bits per heavy atom. The lowest BCUT2D eigenvalue weighted by molar-refractivity contribution is -0.126. The van der Waals surface area contributed by atoms with E-state index in [1.807, 2.05) is 18.2 Å². The predicted molar refractivity (Wildman–Crippen MR) is 73.1 cm³/mol. The van der Waals surface area contributed by atoms with Gasteiger partial charge < -0.3 is 5.73 Å². The van der Waals surface area contributed by atoms with Gasteiger partial charge in [-0.25, -0.2) is 0 Å². The van der Waals surface area contributed by atoms with Gasteiger partial charge in [-0.15, -0.1) is 0 Å². The van der Waals surface area contributed by atoms with Gasteiger partial charge in [-0.2, -0.15) is 0 Å². The van der Waals surface area contributed by atoms with E-state index in [4.69, 9.17) is 5.73 Å². The maximum Gasteiger partial charge on any atom is 0.166 e. The summed E-state index contributed by atoms with van der Waals surface area (Å²) in [7, 11) is 0. The van der Waals surface area contributed by atoms with Crippen LogP contribution in [0.5, 0.6) is 0 Å². The van der Waals surface area contributed by atoms with Gasteiger partial charge >= 0.3 is 0 Å². The van der Waals surface area contributed by atoms with E-state index in [9.17, 15) is 4.79 Å².